The van der Waals surface area contributed by atoms with E-state index >= 15 is 0 Å². The minimum Gasteiger partial charge on any atom is -0.463 e. The van der Waals surface area contributed by atoms with E-state index in [-0.39, 0.29) is 11.7 Å². The first-order valence-corrected chi connectivity index (χ1v) is 13.5. The van der Waals surface area contributed by atoms with Gasteiger partial charge < -0.3 is 14.3 Å². The molecule has 188 valence electrons. The summed E-state index contributed by atoms with van der Waals surface area (Å²) in [5.74, 6) is -0.599. The molecule has 0 atom stereocenters. The number of hydrogen-bond acceptors (Lipinski definition) is 5. The zero-order valence-electron chi connectivity index (χ0n) is 20.4. The van der Waals surface area contributed by atoms with Crippen molar-refractivity contribution in [3.63, 3.8) is 0 Å². The lowest BCUT2D eigenvalue weighted by atomic mass is 9.97. The summed E-state index contributed by atoms with van der Waals surface area (Å²) >= 11 is 0. The highest BCUT2D eigenvalue weighted by atomic mass is 32.2. The summed E-state index contributed by atoms with van der Waals surface area (Å²) in [6, 6.07) is 12.1. The Morgan fingerprint density at radius 2 is 1.97 bits per heavy atom. The van der Waals surface area contributed by atoms with Crippen LogP contribution in [0.3, 0.4) is 0 Å². The maximum atomic E-state index is 14.6. The van der Waals surface area contributed by atoms with Gasteiger partial charge in [-0.15, -0.1) is 0 Å². The molecule has 0 aliphatic carbocycles. The van der Waals surface area contributed by atoms with E-state index in [0.29, 0.717) is 45.4 Å². The average molecular weight is 519 g/mol. The third kappa shape index (κ3) is 3.59. The molecule has 1 aliphatic heterocycles. The van der Waals surface area contributed by atoms with Crippen molar-refractivity contribution in [3.8, 4) is 22.5 Å². The van der Waals surface area contributed by atoms with Gasteiger partial charge in [0.2, 0.25) is 10.0 Å². The van der Waals surface area contributed by atoms with Crippen molar-refractivity contribution in [1.82, 2.24) is 14.9 Å². The number of pyridine rings is 1. The van der Waals surface area contributed by atoms with Crippen LogP contribution in [-0.2, 0) is 23.0 Å². The number of rotatable bonds is 4. The smallest absolute Gasteiger partial charge is 0.254 e. The van der Waals surface area contributed by atoms with E-state index in [1.807, 2.05) is 18.2 Å². The van der Waals surface area contributed by atoms with Crippen LogP contribution in [0, 0.1) is 5.82 Å². The summed E-state index contributed by atoms with van der Waals surface area (Å²) in [6.45, 7) is 0.703. The molecule has 6 rings (SSSR count). The SMILES string of the molecule is CNC(=O)c1coc2cc(N(C)S(C)(=O)=O)c(-c3cc4c(cn3)CCn3c-4cc4c(F)cccc43)cc12. The number of fused-ring (bicyclic) bond motifs is 6. The predicted octanol–water partition coefficient (Wildman–Crippen LogP) is 4.57. The van der Waals surface area contributed by atoms with E-state index in [1.54, 1.807) is 24.4 Å². The lowest BCUT2D eigenvalue weighted by molar-refractivity contribution is 0.0964. The van der Waals surface area contributed by atoms with Gasteiger partial charge in [0.1, 0.15) is 17.7 Å². The maximum absolute atomic E-state index is 14.6. The summed E-state index contributed by atoms with van der Waals surface area (Å²) in [4.78, 5) is 17.1. The Kier molecular flexibility index (Phi) is 5.13. The standard InChI is InChI=1S/C27H23FN4O4S/c1-29-27(33)20-14-36-26-12-24(31(2)37(3,34)35)19(9-17(20)26)22-10-16-15(13-30-22)7-8-32-23-6-4-5-21(28)18(23)11-25(16)32/h4-6,9-14H,7-8H2,1-3H3,(H,29,33). The molecule has 0 saturated heterocycles. The Hall–Kier alpha value is -4.18. The molecular weight excluding hydrogens is 495 g/mol. The second-order valence-electron chi connectivity index (χ2n) is 9.16. The number of amides is 1. The van der Waals surface area contributed by atoms with Crippen LogP contribution in [0.25, 0.3) is 44.4 Å². The number of sulfonamides is 1. The third-order valence-electron chi connectivity index (χ3n) is 7.04. The molecule has 1 aliphatic rings. The molecule has 10 heteroatoms. The highest BCUT2D eigenvalue weighted by molar-refractivity contribution is 7.92. The number of nitrogens with one attached hydrogen (secondary N) is 1. The first kappa shape index (κ1) is 23.2. The molecule has 0 fully saturated rings. The van der Waals surface area contributed by atoms with Gasteiger partial charge in [0.05, 0.1) is 28.7 Å². The van der Waals surface area contributed by atoms with Gasteiger partial charge in [0.25, 0.3) is 5.91 Å². The highest BCUT2D eigenvalue weighted by Crippen LogP contribution is 2.41. The molecule has 0 radical (unpaired) electrons. The number of aryl methyl sites for hydroxylation is 2. The van der Waals surface area contributed by atoms with Gasteiger partial charge in [-0.1, -0.05) is 6.07 Å². The second-order valence-corrected chi connectivity index (χ2v) is 11.2. The van der Waals surface area contributed by atoms with Crippen LogP contribution in [0.5, 0.6) is 0 Å². The van der Waals surface area contributed by atoms with Gasteiger partial charge >= 0.3 is 0 Å². The van der Waals surface area contributed by atoms with Gasteiger partial charge in [-0.05, 0) is 42.3 Å². The summed E-state index contributed by atoms with van der Waals surface area (Å²) in [7, 11) is -0.630. The van der Waals surface area contributed by atoms with Gasteiger partial charge in [0, 0.05) is 60.5 Å². The molecule has 8 nitrogen and oxygen atoms in total. The molecule has 1 amide bonds. The lowest BCUT2D eigenvalue weighted by Crippen LogP contribution is -2.25. The molecule has 0 saturated carbocycles. The monoisotopic (exact) mass is 518 g/mol. The fourth-order valence-corrected chi connectivity index (χ4v) is 5.54. The van der Waals surface area contributed by atoms with E-state index < -0.39 is 10.0 Å². The average Bonchev–Trinajstić information content (AvgIpc) is 3.48. The quantitative estimate of drug-likeness (QED) is 0.376. The Labute approximate surface area is 212 Å². The highest BCUT2D eigenvalue weighted by Gasteiger charge is 2.25. The van der Waals surface area contributed by atoms with Crippen LogP contribution in [0.2, 0.25) is 0 Å². The number of carbonyl (C=O) groups excluding carboxylic acids is 1. The van der Waals surface area contributed by atoms with E-state index in [9.17, 15) is 17.6 Å². The molecule has 5 aromatic rings. The van der Waals surface area contributed by atoms with E-state index in [1.165, 1.54) is 26.4 Å². The molecule has 1 N–H and O–H groups in total. The molecule has 37 heavy (non-hydrogen) atoms. The first-order valence-electron chi connectivity index (χ1n) is 11.7. The van der Waals surface area contributed by atoms with Crippen LogP contribution in [-0.4, -0.2) is 44.2 Å². The van der Waals surface area contributed by atoms with E-state index in [4.69, 9.17) is 4.42 Å². The zero-order valence-corrected chi connectivity index (χ0v) is 21.2. The summed E-state index contributed by atoms with van der Waals surface area (Å²) < 4.78 is 48.5. The van der Waals surface area contributed by atoms with E-state index in [2.05, 4.69) is 14.9 Å². The number of benzene rings is 2. The van der Waals surface area contributed by atoms with E-state index in [0.717, 1.165) is 39.3 Å². The summed E-state index contributed by atoms with van der Waals surface area (Å²) in [5.41, 5.74) is 5.74. The first-order chi connectivity index (χ1) is 17.7. The molecule has 0 unspecified atom stereocenters. The minimum absolute atomic E-state index is 0.278. The second kappa shape index (κ2) is 8.17. The van der Waals surface area contributed by atoms with Crippen LogP contribution >= 0.6 is 0 Å². The van der Waals surface area contributed by atoms with Crippen LogP contribution in [0.4, 0.5) is 10.1 Å². The number of hydrogen-bond donors (Lipinski definition) is 1. The van der Waals surface area contributed by atoms with Crippen LogP contribution < -0.4 is 9.62 Å². The fraction of sp³-hybridized carbons (Fsp3) is 0.185. The molecular formula is C27H23FN4O4S. The Morgan fingerprint density at radius 3 is 2.73 bits per heavy atom. The van der Waals surface area contributed by atoms with Crippen molar-refractivity contribution in [2.24, 2.45) is 0 Å². The van der Waals surface area contributed by atoms with Crippen molar-refractivity contribution in [3.05, 3.63) is 71.9 Å². The topological polar surface area (TPSA) is 97.4 Å². The minimum atomic E-state index is -3.62. The van der Waals surface area contributed by atoms with Crippen LogP contribution in [0.1, 0.15) is 15.9 Å². The van der Waals surface area contributed by atoms with Gasteiger partial charge in [-0.2, -0.15) is 0 Å². The number of aromatic nitrogens is 2. The number of furan rings is 1. The number of carbonyl (C=O) groups is 1. The fourth-order valence-electron chi connectivity index (χ4n) is 5.03. The van der Waals surface area contributed by atoms with Gasteiger partial charge in [0.15, 0.2) is 0 Å². The van der Waals surface area contributed by atoms with Crippen molar-refractivity contribution < 1.29 is 22.0 Å². The van der Waals surface area contributed by atoms with Crippen LogP contribution in [0.15, 0.2) is 59.3 Å². The zero-order chi connectivity index (χ0) is 26.1. The Morgan fingerprint density at radius 1 is 1.16 bits per heavy atom. The number of halogens is 1. The molecule has 2 aromatic carbocycles. The number of anilines is 1. The summed E-state index contributed by atoms with van der Waals surface area (Å²) in [6.07, 6.45) is 4.98. The van der Waals surface area contributed by atoms with Gasteiger partial charge in [-0.3, -0.25) is 14.1 Å². The molecule has 0 spiro atoms. The maximum Gasteiger partial charge on any atom is 0.254 e. The lowest BCUT2D eigenvalue weighted by Gasteiger charge is -2.23. The van der Waals surface area contributed by atoms with Crippen molar-refractivity contribution in [2.75, 3.05) is 24.7 Å². The Bertz CT molecular complexity index is 1860. The predicted molar refractivity (Wildman–Crippen MR) is 141 cm³/mol. The van der Waals surface area contributed by atoms with Crippen molar-refractivity contribution >= 4 is 43.5 Å². The largest absolute Gasteiger partial charge is 0.463 e. The number of nitrogens with zero attached hydrogens (tertiary/aromatic N) is 3. The molecule has 3 aromatic heterocycles. The van der Waals surface area contributed by atoms with Crippen molar-refractivity contribution in [1.29, 1.82) is 0 Å². The summed E-state index contributed by atoms with van der Waals surface area (Å²) in [5, 5.41) is 3.69. The normalized spacial score (nSPS) is 13.0. The third-order valence-corrected chi connectivity index (χ3v) is 8.23. The molecule has 4 heterocycles. The van der Waals surface area contributed by atoms with Gasteiger partial charge in [-0.25, -0.2) is 12.8 Å². The van der Waals surface area contributed by atoms with Crippen molar-refractivity contribution in [2.45, 2.75) is 13.0 Å². The Balaban J connectivity index is 1.61. The molecule has 0 bridgehead atoms.